The van der Waals surface area contributed by atoms with Crippen molar-refractivity contribution in [3.63, 3.8) is 0 Å². The molecule has 0 spiro atoms. The molecule has 0 heterocycles. The fourth-order valence-corrected chi connectivity index (χ4v) is 6.45. The monoisotopic (exact) mass is 459 g/mol. The minimum atomic E-state index is -3.84. The third-order valence-corrected chi connectivity index (χ3v) is 7.46. The van der Waals surface area contributed by atoms with Crippen LogP contribution in [0.1, 0.15) is 42.5 Å². The molecule has 7 nitrogen and oxygen atoms in total. The zero-order chi connectivity index (χ0) is 21.8. The summed E-state index contributed by atoms with van der Waals surface area (Å²) in [6.45, 7) is 0. The van der Waals surface area contributed by atoms with Gasteiger partial charge in [-0.05, 0) is 55.9 Å². The van der Waals surface area contributed by atoms with Crippen LogP contribution >= 0.6 is 11.6 Å². The van der Waals surface area contributed by atoms with Crippen LogP contribution in [0.2, 0.25) is 5.02 Å². The molecule has 2 unspecified atom stereocenters. The Morgan fingerprint density at radius 1 is 1.20 bits per heavy atom. The summed E-state index contributed by atoms with van der Waals surface area (Å²) < 4.78 is 49.9. The average molecular weight is 460 g/mol. The van der Waals surface area contributed by atoms with Crippen LogP contribution in [-0.4, -0.2) is 39.8 Å². The Bertz CT molecular complexity index is 997. The topological polar surface area (TPSA) is 98.8 Å². The first-order valence-electron chi connectivity index (χ1n) is 9.77. The highest BCUT2D eigenvalue weighted by molar-refractivity contribution is 7.89. The Labute approximate surface area is 179 Å². The van der Waals surface area contributed by atoms with Crippen LogP contribution in [0.5, 0.6) is 5.75 Å². The van der Waals surface area contributed by atoms with Gasteiger partial charge in [-0.25, -0.2) is 17.5 Å². The number of sulfonamides is 1. The molecule has 1 amide bonds. The van der Waals surface area contributed by atoms with E-state index < -0.39 is 32.7 Å². The number of rotatable bonds is 5. The Balaban J connectivity index is 1.55. The number of carbonyl (C=O) groups is 2. The molecule has 10 heteroatoms. The summed E-state index contributed by atoms with van der Waals surface area (Å²) in [5, 5.41) is 0.0199. The van der Waals surface area contributed by atoms with Crippen molar-refractivity contribution in [3.8, 4) is 5.75 Å². The summed E-state index contributed by atoms with van der Waals surface area (Å²) in [6.07, 6.45) is 4.67. The van der Waals surface area contributed by atoms with E-state index in [-0.39, 0.29) is 34.7 Å². The maximum absolute atomic E-state index is 14.5. The molecule has 2 atom stereocenters. The minimum absolute atomic E-state index is 0.0199. The molecule has 1 aromatic rings. The van der Waals surface area contributed by atoms with Crippen molar-refractivity contribution < 1.29 is 31.9 Å². The van der Waals surface area contributed by atoms with Gasteiger partial charge in [0.05, 0.1) is 29.4 Å². The Morgan fingerprint density at radius 2 is 1.83 bits per heavy atom. The van der Waals surface area contributed by atoms with Crippen molar-refractivity contribution in [2.45, 2.75) is 38.2 Å². The molecule has 0 aliphatic heterocycles. The van der Waals surface area contributed by atoms with Gasteiger partial charge in [-0.1, -0.05) is 11.6 Å². The van der Waals surface area contributed by atoms with Crippen LogP contribution in [0.3, 0.4) is 0 Å². The van der Waals surface area contributed by atoms with Crippen molar-refractivity contribution in [2.24, 2.45) is 23.2 Å². The maximum Gasteiger partial charge on any atom is 0.311 e. The highest BCUT2D eigenvalue weighted by atomic mass is 35.5. The van der Waals surface area contributed by atoms with Crippen molar-refractivity contribution >= 4 is 33.5 Å². The Kier molecular flexibility index (Phi) is 5.25. The van der Waals surface area contributed by atoms with Gasteiger partial charge < -0.3 is 9.47 Å². The van der Waals surface area contributed by atoms with Crippen LogP contribution in [-0.2, 0) is 19.6 Å². The fourth-order valence-electron chi connectivity index (χ4n) is 5.80. The number of methoxy groups -OCH3 is 1. The molecule has 5 rings (SSSR count). The number of hydrogen-bond donors (Lipinski definition) is 1. The number of amides is 1. The number of benzene rings is 1. The predicted octanol–water partition coefficient (Wildman–Crippen LogP) is 2.92. The van der Waals surface area contributed by atoms with Crippen molar-refractivity contribution in [3.05, 3.63) is 28.5 Å². The van der Waals surface area contributed by atoms with Crippen molar-refractivity contribution in [2.75, 3.05) is 13.4 Å². The molecule has 1 N–H and O–H groups in total. The zero-order valence-corrected chi connectivity index (χ0v) is 18.2. The van der Waals surface area contributed by atoms with Crippen LogP contribution in [0.15, 0.2) is 12.1 Å². The molecular formula is C20H23ClFNO6S. The SMILES string of the molecule is COC(=O)C12CC3CC(C1)C(Oc1cc(F)c(C(=O)NS(C)(=O)=O)cc1Cl)C(C3)C2. The van der Waals surface area contributed by atoms with Gasteiger partial charge in [-0.15, -0.1) is 0 Å². The highest BCUT2D eigenvalue weighted by Gasteiger charge is 2.60. The molecule has 4 fully saturated rings. The fraction of sp³-hybridized carbons (Fsp3) is 0.600. The molecule has 0 saturated heterocycles. The zero-order valence-electron chi connectivity index (χ0n) is 16.6. The van der Waals surface area contributed by atoms with Crippen LogP contribution < -0.4 is 9.46 Å². The van der Waals surface area contributed by atoms with E-state index in [0.29, 0.717) is 18.8 Å². The molecular weight excluding hydrogens is 437 g/mol. The smallest absolute Gasteiger partial charge is 0.311 e. The molecule has 0 aromatic heterocycles. The molecule has 4 bridgehead atoms. The number of nitrogens with one attached hydrogen (secondary N) is 1. The summed E-state index contributed by atoms with van der Waals surface area (Å²) in [6, 6.07) is 2.08. The normalized spacial score (nSPS) is 32.0. The van der Waals surface area contributed by atoms with Gasteiger partial charge in [0.15, 0.2) is 0 Å². The van der Waals surface area contributed by atoms with E-state index in [1.54, 1.807) is 4.72 Å². The number of hydrogen-bond acceptors (Lipinski definition) is 6. The van der Waals surface area contributed by atoms with E-state index in [9.17, 15) is 22.4 Å². The van der Waals surface area contributed by atoms with E-state index in [1.165, 1.54) is 7.11 Å². The largest absolute Gasteiger partial charge is 0.488 e. The van der Waals surface area contributed by atoms with E-state index in [4.69, 9.17) is 21.1 Å². The first-order chi connectivity index (χ1) is 14.0. The first-order valence-corrected chi connectivity index (χ1v) is 12.0. The Morgan fingerprint density at radius 3 is 2.40 bits per heavy atom. The van der Waals surface area contributed by atoms with Gasteiger partial charge in [-0.2, -0.15) is 0 Å². The van der Waals surface area contributed by atoms with Crippen LogP contribution in [0.4, 0.5) is 4.39 Å². The highest BCUT2D eigenvalue weighted by Crippen LogP contribution is 2.61. The summed E-state index contributed by atoms with van der Waals surface area (Å²) >= 11 is 6.24. The van der Waals surface area contributed by atoms with Gasteiger partial charge in [0.25, 0.3) is 5.91 Å². The van der Waals surface area contributed by atoms with Crippen LogP contribution in [0.25, 0.3) is 0 Å². The summed E-state index contributed by atoms with van der Waals surface area (Å²) in [4.78, 5) is 24.4. The third kappa shape index (κ3) is 3.77. The lowest BCUT2D eigenvalue weighted by Crippen LogP contribution is -2.58. The molecule has 0 radical (unpaired) electrons. The summed E-state index contributed by atoms with van der Waals surface area (Å²) in [5.74, 6) is -1.34. The van der Waals surface area contributed by atoms with Crippen molar-refractivity contribution in [1.82, 2.24) is 4.72 Å². The molecule has 1 aromatic carbocycles. The van der Waals surface area contributed by atoms with Gasteiger partial charge in [0, 0.05) is 6.07 Å². The lowest BCUT2D eigenvalue weighted by Gasteiger charge is -2.58. The summed E-state index contributed by atoms with van der Waals surface area (Å²) in [5.41, 5.74) is -0.930. The molecule has 164 valence electrons. The predicted molar refractivity (Wildman–Crippen MR) is 106 cm³/mol. The minimum Gasteiger partial charge on any atom is -0.488 e. The van der Waals surface area contributed by atoms with Crippen LogP contribution in [0, 0.1) is 29.0 Å². The molecule has 4 aliphatic rings. The Hall–Kier alpha value is -1.87. The standard InChI is InChI=1S/C20H23ClFNO6S/c1-28-19(25)20-7-10-3-11(8-20)17(12(4-10)9-20)29-16-6-15(22)13(5-14(16)21)18(24)23-30(2,26)27/h5-6,10-12,17H,3-4,7-9H2,1-2H3,(H,23,24). The third-order valence-electron chi connectivity index (χ3n) is 6.61. The number of carbonyl (C=O) groups excluding carboxylic acids is 2. The second-order valence-corrected chi connectivity index (χ2v) is 10.9. The number of halogens is 2. The molecule has 4 saturated carbocycles. The average Bonchev–Trinajstić information content (AvgIpc) is 2.64. The lowest BCUT2D eigenvalue weighted by molar-refractivity contribution is -0.179. The molecule has 30 heavy (non-hydrogen) atoms. The second-order valence-electron chi connectivity index (χ2n) is 8.79. The quantitative estimate of drug-likeness (QED) is 0.680. The summed E-state index contributed by atoms with van der Waals surface area (Å²) in [7, 11) is -2.42. The first kappa shape index (κ1) is 21.4. The van der Waals surface area contributed by atoms with E-state index >= 15 is 0 Å². The van der Waals surface area contributed by atoms with Gasteiger partial charge in [0.2, 0.25) is 10.0 Å². The van der Waals surface area contributed by atoms with Crippen molar-refractivity contribution in [1.29, 1.82) is 0 Å². The van der Waals surface area contributed by atoms with E-state index in [2.05, 4.69) is 0 Å². The van der Waals surface area contributed by atoms with Gasteiger partial charge in [0.1, 0.15) is 17.7 Å². The van der Waals surface area contributed by atoms with E-state index in [1.807, 2.05) is 0 Å². The molecule has 4 aliphatic carbocycles. The second kappa shape index (κ2) is 7.37. The van der Waals surface area contributed by atoms with Gasteiger partial charge >= 0.3 is 5.97 Å². The lowest BCUT2D eigenvalue weighted by atomic mass is 9.48. The van der Waals surface area contributed by atoms with Gasteiger partial charge in [-0.3, -0.25) is 9.59 Å². The maximum atomic E-state index is 14.5. The number of ether oxygens (including phenoxy) is 2. The van der Waals surface area contributed by atoms with E-state index in [0.717, 1.165) is 37.7 Å². The number of esters is 1.